The molecule has 3 atom stereocenters. The minimum Gasteiger partial charge on any atom is -0.453 e. The Bertz CT molecular complexity index is 1930. The number of carbonyl (C=O) groups is 3. The molecule has 1 aliphatic heterocycles. The standard InChI is InChI=1S/C46H50N4O5/c1-54-46(53)50-44(43(36-19-7-3-8-20-36)37-21-9-4-10-22-37)45(52)49-41-24-14-12-18-35(41)27-29-39-31-47-38(32-55-39)28-26-34-17-11-13-23-40(34)48-42(51)30-25-33-15-5-2-6-16-33/h2-24,38-39,43-44,47H,25-32H2,1H3,(H,48,51)(H,49,52)(H,50,53)/t38-,39-,44+/m1/s1. The number of hydrogen-bond donors (Lipinski definition) is 4. The molecule has 1 aliphatic rings. The highest BCUT2D eigenvalue weighted by Crippen LogP contribution is 2.30. The zero-order valence-corrected chi connectivity index (χ0v) is 31.3. The Labute approximate surface area is 323 Å². The predicted octanol–water partition coefficient (Wildman–Crippen LogP) is 7.68. The fourth-order valence-electron chi connectivity index (χ4n) is 7.12. The highest BCUT2D eigenvalue weighted by atomic mass is 16.5. The van der Waals surface area contributed by atoms with Gasteiger partial charge in [0.25, 0.3) is 0 Å². The van der Waals surface area contributed by atoms with Gasteiger partial charge in [-0.1, -0.05) is 127 Å². The van der Waals surface area contributed by atoms with Gasteiger partial charge < -0.3 is 30.7 Å². The third kappa shape index (κ3) is 11.4. The van der Waals surface area contributed by atoms with E-state index >= 15 is 0 Å². The van der Waals surface area contributed by atoms with Crippen LogP contribution in [0.3, 0.4) is 0 Å². The smallest absolute Gasteiger partial charge is 0.407 e. The topological polar surface area (TPSA) is 118 Å². The molecular weight excluding hydrogens is 689 g/mol. The maximum absolute atomic E-state index is 14.1. The molecule has 5 aromatic rings. The summed E-state index contributed by atoms with van der Waals surface area (Å²) in [5.41, 5.74) is 6.59. The molecule has 0 saturated carbocycles. The van der Waals surface area contributed by atoms with Crippen molar-refractivity contribution in [3.63, 3.8) is 0 Å². The summed E-state index contributed by atoms with van der Waals surface area (Å²) in [4.78, 5) is 39.5. The molecule has 4 N–H and O–H groups in total. The number of rotatable bonds is 16. The molecule has 0 unspecified atom stereocenters. The number of anilines is 2. The van der Waals surface area contributed by atoms with Gasteiger partial charge in [-0.15, -0.1) is 0 Å². The largest absolute Gasteiger partial charge is 0.453 e. The van der Waals surface area contributed by atoms with Gasteiger partial charge in [0, 0.05) is 36.3 Å². The van der Waals surface area contributed by atoms with Crippen molar-refractivity contribution in [1.82, 2.24) is 10.6 Å². The van der Waals surface area contributed by atoms with E-state index in [4.69, 9.17) is 9.47 Å². The summed E-state index contributed by atoms with van der Waals surface area (Å²) < 4.78 is 11.3. The molecule has 9 heteroatoms. The van der Waals surface area contributed by atoms with Crippen molar-refractivity contribution in [3.05, 3.63) is 167 Å². The molecule has 284 valence electrons. The third-order valence-corrected chi connectivity index (χ3v) is 10.1. The number of benzene rings is 5. The SMILES string of the molecule is COC(=O)N[C@H](C(=O)Nc1ccccc1CC[C@@H]1CN[C@H](CCc2ccccc2NC(=O)CCc2ccccc2)CO1)C(c1ccccc1)c1ccccc1. The number of ether oxygens (including phenoxy) is 2. The zero-order chi connectivity index (χ0) is 38.2. The van der Waals surface area contributed by atoms with Crippen molar-refractivity contribution in [2.75, 3.05) is 30.9 Å². The van der Waals surface area contributed by atoms with Crippen LogP contribution in [0.1, 0.15) is 53.0 Å². The van der Waals surface area contributed by atoms with Crippen LogP contribution < -0.4 is 21.3 Å². The van der Waals surface area contributed by atoms with Crippen molar-refractivity contribution in [1.29, 1.82) is 0 Å². The van der Waals surface area contributed by atoms with Gasteiger partial charge in [-0.25, -0.2) is 4.79 Å². The first-order chi connectivity index (χ1) is 27.0. The normalized spacial score (nSPS) is 15.8. The molecule has 0 bridgehead atoms. The summed E-state index contributed by atoms with van der Waals surface area (Å²) in [6, 6.07) is 44.5. The van der Waals surface area contributed by atoms with Gasteiger partial charge in [-0.2, -0.15) is 0 Å². The van der Waals surface area contributed by atoms with Gasteiger partial charge in [0.2, 0.25) is 11.8 Å². The Morgan fingerprint density at radius 3 is 1.82 bits per heavy atom. The van der Waals surface area contributed by atoms with E-state index < -0.39 is 18.1 Å². The molecule has 0 aromatic heterocycles. The summed E-state index contributed by atoms with van der Waals surface area (Å²) >= 11 is 0. The van der Waals surface area contributed by atoms with Crippen LogP contribution in [0.5, 0.6) is 0 Å². The van der Waals surface area contributed by atoms with Crippen LogP contribution in [0.25, 0.3) is 0 Å². The highest BCUT2D eigenvalue weighted by molar-refractivity contribution is 5.98. The molecule has 1 saturated heterocycles. The monoisotopic (exact) mass is 738 g/mol. The summed E-state index contributed by atoms with van der Waals surface area (Å²) in [7, 11) is 1.29. The third-order valence-electron chi connectivity index (χ3n) is 10.1. The van der Waals surface area contributed by atoms with Crippen LogP contribution in [-0.2, 0) is 38.3 Å². The molecule has 0 spiro atoms. The Morgan fingerprint density at radius 2 is 1.24 bits per heavy atom. The molecular formula is C46H50N4O5. The van der Waals surface area contributed by atoms with Crippen LogP contribution in [0.4, 0.5) is 16.2 Å². The van der Waals surface area contributed by atoms with Crippen molar-refractivity contribution in [3.8, 4) is 0 Å². The van der Waals surface area contributed by atoms with Gasteiger partial charge in [0.1, 0.15) is 6.04 Å². The number of alkyl carbamates (subject to hydrolysis) is 1. The number of para-hydroxylation sites is 2. The van der Waals surface area contributed by atoms with Crippen LogP contribution in [0, 0.1) is 0 Å². The summed E-state index contributed by atoms with van der Waals surface area (Å²) in [6.07, 6.45) is 3.64. The predicted molar refractivity (Wildman–Crippen MR) is 217 cm³/mol. The van der Waals surface area contributed by atoms with E-state index in [1.807, 2.05) is 133 Å². The highest BCUT2D eigenvalue weighted by Gasteiger charge is 2.33. The summed E-state index contributed by atoms with van der Waals surface area (Å²) in [5, 5.41) is 12.7. The van der Waals surface area contributed by atoms with Crippen molar-refractivity contribution in [2.45, 2.75) is 62.6 Å². The average molecular weight is 739 g/mol. The van der Waals surface area contributed by atoms with E-state index in [-0.39, 0.29) is 24.0 Å². The lowest BCUT2D eigenvalue weighted by atomic mass is 9.84. The first-order valence-electron chi connectivity index (χ1n) is 19.1. The molecule has 55 heavy (non-hydrogen) atoms. The Morgan fingerprint density at radius 1 is 0.691 bits per heavy atom. The number of morpholine rings is 1. The molecule has 0 radical (unpaired) electrons. The number of amides is 3. The van der Waals surface area contributed by atoms with E-state index in [1.54, 1.807) is 0 Å². The van der Waals surface area contributed by atoms with Gasteiger partial charge in [0.15, 0.2) is 0 Å². The van der Waals surface area contributed by atoms with Gasteiger partial charge >= 0.3 is 6.09 Å². The van der Waals surface area contributed by atoms with Crippen molar-refractivity contribution >= 4 is 29.3 Å². The molecule has 1 fully saturated rings. The maximum atomic E-state index is 14.1. The second kappa shape index (κ2) is 20.1. The molecule has 1 heterocycles. The maximum Gasteiger partial charge on any atom is 0.407 e. The van der Waals surface area contributed by atoms with Crippen LogP contribution in [0.15, 0.2) is 140 Å². The van der Waals surface area contributed by atoms with E-state index in [1.165, 1.54) is 7.11 Å². The number of aryl methyl sites for hydroxylation is 3. The minimum atomic E-state index is -0.948. The molecule has 0 aliphatic carbocycles. The van der Waals surface area contributed by atoms with E-state index in [0.29, 0.717) is 31.6 Å². The van der Waals surface area contributed by atoms with Crippen LogP contribution >= 0.6 is 0 Å². The molecule has 5 aromatic carbocycles. The van der Waals surface area contributed by atoms with Gasteiger partial charge in [-0.3, -0.25) is 9.59 Å². The lowest BCUT2D eigenvalue weighted by molar-refractivity contribution is -0.118. The lowest BCUT2D eigenvalue weighted by Gasteiger charge is -2.31. The number of hydrogen-bond acceptors (Lipinski definition) is 6. The number of methoxy groups -OCH3 is 1. The van der Waals surface area contributed by atoms with E-state index in [9.17, 15) is 14.4 Å². The summed E-state index contributed by atoms with van der Waals surface area (Å²) in [5.74, 6) is -0.788. The van der Waals surface area contributed by atoms with Crippen molar-refractivity contribution in [2.24, 2.45) is 0 Å². The molecule has 3 amide bonds. The zero-order valence-electron chi connectivity index (χ0n) is 31.3. The van der Waals surface area contributed by atoms with Gasteiger partial charge in [0.05, 0.1) is 19.8 Å². The van der Waals surface area contributed by atoms with Crippen molar-refractivity contribution < 1.29 is 23.9 Å². The Kier molecular flexibility index (Phi) is 14.2. The van der Waals surface area contributed by atoms with Crippen LogP contribution in [0.2, 0.25) is 0 Å². The second-order valence-electron chi connectivity index (χ2n) is 13.9. The first-order valence-corrected chi connectivity index (χ1v) is 19.1. The quantitative estimate of drug-likeness (QED) is 0.0826. The number of carbonyl (C=O) groups excluding carboxylic acids is 3. The first kappa shape index (κ1) is 38.9. The fourth-order valence-corrected chi connectivity index (χ4v) is 7.12. The average Bonchev–Trinajstić information content (AvgIpc) is 3.23. The Hall–Kier alpha value is -5.77. The second-order valence-corrected chi connectivity index (χ2v) is 13.9. The molecule has 6 rings (SSSR count). The number of nitrogens with one attached hydrogen (secondary N) is 4. The summed E-state index contributed by atoms with van der Waals surface area (Å²) in [6.45, 7) is 1.31. The van der Waals surface area contributed by atoms with E-state index in [0.717, 1.165) is 59.3 Å². The Balaban J connectivity index is 1.02. The van der Waals surface area contributed by atoms with E-state index in [2.05, 4.69) is 27.3 Å². The lowest BCUT2D eigenvalue weighted by Crippen LogP contribution is -2.48. The minimum absolute atomic E-state index is 0.0145. The van der Waals surface area contributed by atoms with Crippen LogP contribution in [-0.4, -0.2) is 56.4 Å². The molecule has 9 nitrogen and oxygen atoms in total. The van der Waals surface area contributed by atoms with Gasteiger partial charge in [-0.05, 0) is 72.1 Å². The fraction of sp³-hybridized carbons (Fsp3) is 0.283.